The lowest BCUT2D eigenvalue weighted by atomic mass is 10.1. The molecule has 0 aromatic carbocycles. The van der Waals surface area contributed by atoms with E-state index in [-0.39, 0.29) is 30.5 Å². The van der Waals surface area contributed by atoms with Gasteiger partial charge in [-0.2, -0.15) is 11.8 Å². The van der Waals surface area contributed by atoms with Crippen LogP contribution in [0.5, 0.6) is 0 Å². The van der Waals surface area contributed by atoms with Crippen LogP contribution in [0.2, 0.25) is 0 Å². The average Bonchev–Trinajstić information content (AvgIpc) is 2.42. The summed E-state index contributed by atoms with van der Waals surface area (Å²) in [4.78, 5) is 25.0. The van der Waals surface area contributed by atoms with Crippen LogP contribution in [0.3, 0.4) is 0 Å². The Morgan fingerprint density at radius 2 is 2.19 bits per heavy atom. The highest BCUT2D eigenvalue weighted by molar-refractivity contribution is 7.99. The monoisotopic (exact) mass is 318 g/mol. The first-order chi connectivity index (χ1) is 9.95. The maximum Gasteiger partial charge on any atom is 0.318 e. The summed E-state index contributed by atoms with van der Waals surface area (Å²) < 4.78 is 5.41. The van der Waals surface area contributed by atoms with Gasteiger partial charge in [-0.3, -0.25) is 4.79 Å². The maximum absolute atomic E-state index is 12.4. The van der Waals surface area contributed by atoms with Crippen LogP contribution in [0, 0.1) is 5.92 Å². The van der Waals surface area contributed by atoms with Gasteiger partial charge in [0.25, 0.3) is 0 Å². The third-order valence-corrected chi connectivity index (χ3v) is 4.61. The minimum Gasteiger partial charge on any atom is -0.481 e. The molecule has 7 heteroatoms. The van der Waals surface area contributed by atoms with Crippen molar-refractivity contribution in [3.05, 3.63) is 0 Å². The molecule has 2 unspecified atom stereocenters. The van der Waals surface area contributed by atoms with Crippen LogP contribution in [0.1, 0.15) is 27.2 Å². The molecule has 0 radical (unpaired) electrons. The van der Waals surface area contributed by atoms with Crippen LogP contribution < -0.4 is 5.32 Å². The molecule has 2 N–H and O–H groups in total. The quantitative estimate of drug-likeness (QED) is 0.746. The van der Waals surface area contributed by atoms with Crippen LogP contribution in [-0.4, -0.2) is 65.4 Å². The summed E-state index contributed by atoms with van der Waals surface area (Å²) in [5.41, 5.74) is 0. The molecule has 0 spiro atoms. The normalized spacial score (nSPS) is 20.4. The molecular weight excluding hydrogens is 292 g/mol. The highest BCUT2D eigenvalue weighted by atomic mass is 32.2. The van der Waals surface area contributed by atoms with Gasteiger partial charge in [-0.1, -0.05) is 13.8 Å². The predicted octanol–water partition coefficient (Wildman–Crippen LogP) is 1.65. The minimum atomic E-state index is -0.866. The molecule has 2 amide bonds. The summed E-state index contributed by atoms with van der Waals surface area (Å²) >= 11 is 1.70. The lowest BCUT2D eigenvalue weighted by Gasteiger charge is -2.36. The molecule has 21 heavy (non-hydrogen) atoms. The van der Waals surface area contributed by atoms with E-state index in [1.54, 1.807) is 16.7 Å². The molecule has 0 aliphatic carbocycles. The van der Waals surface area contributed by atoms with E-state index in [0.29, 0.717) is 25.5 Å². The van der Waals surface area contributed by atoms with Gasteiger partial charge in [-0.15, -0.1) is 0 Å². The number of nitrogens with zero attached hydrogens (tertiary/aromatic N) is 1. The van der Waals surface area contributed by atoms with Crippen molar-refractivity contribution in [3.63, 3.8) is 0 Å². The van der Waals surface area contributed by atoms with Crippen molar-refractivity contribution >= 4 is 23.8 Å². The number of carboxylic acids is 1. The number of rotatable bonds is 7. The fourth-order valence-corrected chi connectivity index (χ4v) is 3.24. The number of carboxylic acid groups (broad SMARTS) is 1. The Bertz CT molecular complexity index is 352. The Hall–Kier alpha value is -0.950. The number of carbonyl (C=O) groups excluding carboxylic acids is 1. The summed E-state index contributed by atoms with van der Waals surface area (Å²) in [6.45, 7) is 7.67. The van der Waals surface area contributed by atoms with Gasteiger partial charge in [0.15, 0.2) is 0 Å². The number of thioether (sulfide) groups is 1. The van der Waals surface area contributed by atoms with Gasteiger partial charge in [-0.25, -0.2) is 4.79 Å². The maximum atomic E-state index is 12.4. The number of hydrogen-bond acceptors (Lipinski definition) is 4. The smallest absolute Gasteiger partial charge is 0.318 e. The Kier molecular flexibility index (Phi) is 7.88. The molecule has 0 aromatic heterocycles. The first kappa shape index (κ1) is 18.1. The molecule has 1 heterocycles. The molecule has 1 saturated heterocycles. The number of carbonyl (C=O) groups is 2. The van der Waals surface area contributed by atoms with Crippen molar-refractivity contribution in [1.29, 1.82) is 0 Å². The van der Waals surface area contributed by atoms with E-state index in [4.69, 9.17) is 9.84 Å². The fraction of sp³-hybridized carbons (Fsp3) is 0.857. The molecule has 1 aliphatic heterocycles. The SMILES string of the molecule is CCOCC(NC(=O)N1CCSCC1CC(=O)O)C(C)C. The molecule has 0 saturated carbocycles. The lowest BCUT2D eigenvalue weighted by molar-refractivity contribution is -0.138. The van der Waals surface area contributed by atoms with Crippen molar-refractivity contribution in [1.82, 2.24) is 10.2 Å². The van der Waals surface area contributed by atoms with E-state index >= 15 is 0 Å². The van der Waals surface area contributed by atoms with Gasteiger partial charge in [-0.05, 0) is 12.8 Å². The van der Waals surface area contributed by atoms with E-state index in [1.807, 2.05) is 20.8 Å². The van der Waals surface area contributed by atoms with Crippen molar-refractivity contribution in [2.45, 2.75) is 39.3 Å². The molecule has 1 fully saturated rings. The molecule has 0 bridgehead atoms. The molecular formula is C14H26N2O4S. The third kappa shape index (κ3) is 6.13. The number of nitrogens with one attached hydrogen (secondary N) is 1. The minimum absolute atomic E-state index is 0.00176. The summed E-state index contributed by atoms with van der Waals surface area (Å²) in [7, 11) is 0. The van der Waals surface area contributed by atoms with Crippen LogP contribution in [0.4, 0.5) is 4.79 Å². The van der Waals surface area contributed by atoms with Crippen LogP contribution >= 0.6 is 11.8 Å². The van der Waals surface area contributed by atoms with Crippen molar-refractivity contribution in [2.24, 2.45) is 5.92 Å². The summed E-state index contributed by atoms with van der Waals surface area (Å²) in [5.74, 6) is 0.923. The topological polar surface area (TPSA) is 78.9 Å². The summed E-state index contributed by atoms with van der Waals surface area (Å²) in [6, 6.07) is -0.474. The second-order valence-corrected chi connectivity index (χ2v) is 6.63. The van der Waals surface area contributed by atoms with Gasteiger partial charge >= 0.3 is 12.0 Å². The molecule has 0 aromatic rings. The zero-order valence-electron chi connectivity index (χ0n) is 13.0. The van der Waals surface area contributed by atoms with Crippen LogP contribution in [0.25, 0.3) is 0 Å². The predicted molar refractivity (Wildman–Crippen MR) is 83.7 cm³/mol. The van der Waals surface area contributed by atoms with Gasteiger partial charge in [0, 0.05) is 24.7 Å². The van der Waals surface area contributed by atoms with E-state index < -0.39 is 5.97 Å². The Labute approximate surface area is 130 Å². The number of urea groups is 1. The molecule has 1 aliphatic rings. The van der Waals surface area contributed by atoms with E-state index in [1.165, 1.54) is 0 Å². The van der Waals surface area contributed by atoms with Gasteiger partial charge < -0.3 is 20.1 Å². The molecule has 122 valence electrons. The molecule has 6 nitrogen and oxygen atoms in total. The van der Waals surface area contributed by atoms with Gasteiger partial charge in [0.05, 0.1) is 25.1 Å². The number of amides is 2. The van der Waals surface area contributed by atoms with Crippen LogP contribution in [-0.2, 0) is 9.53 Å². The van der Waals surface area contributed by atoms with Crippen molar-refractivity contribution < 1.29 is 19.4 Å². The largest absolute Gasteiger partial charge is 0.481 e. The third-order valence-electron chi connectivity index (χ3n) is 3.51. The zero-order valence-corrected chi connectivity index (χ0v) is 13.8. The average molecular weight is 318 g/mol. The number of aliphatic carboxylic acids is 1. The summed E-state index contributed by atoms with van der Waals surface area (Å²) in [6.07, 6.45) is -0.00176. The van der Waals surface area contributed by atoms with Crippen LogP contribution in [0.15, 0.2) is 0 Å². The highest BCUT2D eigenvalue weighted by Gasteiger charge is 2.30. The number of hydrogen-bond donors (Lipinski definition) is 2. The first-order valence-electron chi connectivity index (χ1n) is 7.40. The lowest BCUT2D eigenvalue weighted by Crippen LogP contribution is -2.55. The second kappa shape index (κ2) is 9.15. The van der Waals surface area contributed by atoms with E-state index in [0.717, 1.165) is 5.75 Å². The first-order valence-corrected chi connectivity index (χ1v) is 8.55. The van der Waals surface area contributed by atoms with E-state index in [2.05, 4.69) is 5.32 Å². The summed E-state index contributed by atoms with van der Waals surface area (Å²) in [5, 5.41) is 11.9. The van der Waals surface area contributed by atoms with Crippen molar-refractivity contribution in [3.8, 4) is 0 Å². The zero-order chi connectivity index (χ0) is 15.8. The van der Waals surface area contributed by atoms with Crippen molar-refractivity contribution in [2.75, 3.05) is 31.3 Å². The van der Waals surface area contributed by atoms with E-state index in [9.17, 15) is 9.59 Å². The Morgan fingerprint density at radius 1 is 1.48 bits per heavy atom. The highest BCUT2D eigenvalue weighted by Crippen LogP contribution is 2.19. The van der Waals surface area contributed by atoms with Gasteiger partial charge in [0.1, 0.15) is 0 Å². The number of ether oxygens (including phenoxy) is 1. The Balaban J connectivity index is 2.62. The Morgan fingerprint density at radius 3 is 2.76 bits per heavy atom. The standard InChI is InChI=1S/C14H26N2O4S/c1-4-20-8-12(10(2)3)15-14(19)16-5-6-21-9-11(16)7-13(17)18/h10-12H,4-9H2,1-3H3,(H,15,19)(H,17,18). The van der Waals surface area contributed by atoms with Gasteiger partial charge in [0.2, 0.25) is 0 Å². The fourth-order valence-electron chi connectivity index (χ4n) is 2.18. The molecule has 1 rings (SSSR count). The molecule has 2 atom stereocenters. The second-order valence-electron chi connectivity index (χ2n) is 5.48.